The third kappa shape index (κ3) is 5.39. The smallest absolute Gasteiger partial charge is 0.269 e. The highest BCUT2D eigenvalue weighted by molar-refractivity contribution is 6.03. The fourth-order valence-corrected chi connectivity index (χ4v) is 4.66. The molecule has 0 radical (unpaired) electrons. The molecule has 8 nitrogen and oxygen atoms in total. The number of aldehydes is 1. The second kappa shape index (κ2) is 11.6. The average Bonchev–Trinajstić information content (AvgIpc) is 2.93. The first-order valence-corrected chi connectivity index (χ1v) is 12.5. The van der Waals surface area contributed by atoms with E-state index in [1.165, 1.54) is 28.0 Å². The van der Waals surface area contributed by atoms with Crippen molar-refractivity contribution in [1.29, 1.82) is 0 Å². The largest absolute Gasteiger partial charge is 0.301 e. The SMILES string of the molecule is CC(=O)N([C@H](C=O)Cc1ccccc1)N1C(=O)[C@@H](C(C)C)N(C(=O)c2cccnc2)C=C1c1ccccc1. The van der Waals surface area contributed by atoms with Crippen LogP contribution >= 0.6 is 0 Å². The Bertz CT molecular complexity index is 1330. The molecule has 0 saturated heterocycles. The summed E-state index contributed by atoms with van der Waals surface area (Å²) in [6.45, 7) is 5.00. The number of rotatable bonds is 8. The van der Waals surface area contributed by atoms with Crippen molar-refractivity contribution >= 4 is 29.7 Å². The van der Waals surface area contributed by atoms with Gasteiger partial charge in [0.15, 0.2) is 0 Å². The lowest BCUT2D eigenvalue weighted by Gasteiger charge is -2.46. The van der Waals surface area contributed by atoms with E-state index in [4.69, 9.17) is 0 Å². The van der Waals surface area contributed by atoms with E-state index in [1.54, 1.807) is 48.8 Å². The van der Waals surface area contributed by atoms with Gasteiger partial charge in [0.05, 0.1) is 11.3 Å². The molecule has 0 aliphatic carbocycles. The summed E-state index contributed by atoms with van der Waals surface area (Å²) in [5.41, 5.74) is 2.11. The Hall–Kier alpha value is -4.59. The molecule has 0 fully saturated rings. The second-order valence-corrected chi connectivity index (χ2v) is 9.43. The molecule has 0 saturated carbocycles. The summed E-state index contributed by atoms with van der Waals surface area (Å²) in [6.07, 6.45) is 5.53. The monoisotopic (exact) mass is 510 g/mol. The third-order valence-corrected chi connectivity index (χ3v) is 6.39. The van der Waals surface area contributed by atoms with Crippen LogP contribution in [-0.4, -0.2) is 56.0 Å². The van der Waals surface area contributed by atoms with Crippen LogP contribution in [0.5, 0.6) is 0 Å². The number of hydrazine groups is 1. The molecule has 2 atom stereocenters. The number of benzene rings is 2. The highest BCUT2D eigenvalue weighted by Gasteiger charge is 2.45. The first-order chi connectivity index (χ1) is 18.3. The van der Waals surface area contributed by atoms with Gasteiger partial charge in [-0.1, -0.05) is 74.5 Å². The van der Waals surface area contributed by atoms with E-state index in [2.05, 4.69) is 4.98 Å². The molecule has 4 rings (SSSR count). The normalized spacial score (nSPS) is 16.2. The quantitative estimate of drug-likeness (QED) is 0.428. The summed E-state index contributed by atoms with van der Waals surface area (Å²) in [5.74, 6) is -1.63. The summed E-state index contributed by atoms with van der Waals surface area (Å²) in [4.78, 5) is 58.9. The molecular weight excluding hydrogens is 480 g/mol. The molecule has 8 heteroatoms. The van der Waals surface area contributed by atoms with Gasteiger partial charge in [0.1, 0.15) is 18.4 Å². The van der Waals surface area contributed by atoms with Crippen LogP contribution in [0.2, 0.25) is 0 Å². The topological polar surface area (TPSA) is 90.9 Å². The van der Waals surface area contributed by atoms with Crippen molar-refractivity contribution in [1.82, 2.24) is 19.9 Å². The maximum Gasteiger partial charge on any atom is 0.269 e. The summed E-state index contributed by atoms with van der Waals surface area (Å²) in [5, 5.41) is 2.49. The number of pyridine rings is 1. The Labute approximate surface area is 222 Å². The number of hydrogen-bond donors (Lipinski definition) is 0. The Morgan fingerprint density at radius 3 is 2.21 bits per heavy atom. The van der Waals surface area contributed by atoms with Gasteiger partial charge >= 0.3 is 0 Å². The Kier molecular flexibility index (Phi) is 8.11. The van der Waals surface area contributed by atoms with E-state index in [-0.39, 0.29) is 18.2 Å². The van der Waals surface area contributed by atoms with Gasteiger partial charge in [-0.2, -0.15) is 0 Å². The van der Waals surface area contributed by atoms with Crippen molar-refractivity contribution < 1.29 is 19.2 Å². The number of nitrogens with zero attached hydrogens (tertiary/aromatic N) is 4. The van der Waals surface area contributed by atoms with Crippen molar-refractivity contribution in [2.24, 2.45) is 5.92 Å². The van der Waals surface area contributed by atoms with Crippen LogP contribution in [0.4, 0.5) is 0 Å². The molecule has 2 aromatic carbocycles. The van der Waals surface area contributed by atoms with Crippen molar-refractivity contribution in [3.05, 3.63) is 108 Å². The summed E-state index contributed by atoms with van der Waals surface area (Å²) in [6, 6.07) is 19.8. The lowest BCUT2D eigenvalue weighted by Crippen LogP contribution is -2.62. The van der Waals surface area contributed by atoms with E-state index in [0.717, 1.165) is 5.56 Å². The van der Waals surface area contributed by atoms with Crippen molar-refractivity contribution in [3.8, 4) is 0 Å². The van der Waals surface area contributed by atoms with Crippen LogP contribution < -0.4 is 0 Å². The molecule has 0 N–H and O–H groups in total. The molecule has 0 unspecified atom stereocenters. The van der Waals surface area contributed by atoms with Gasteiger partial charge in [0, 0.05) is 37.5 Å². The zero-order valence-corrected chi connectivity index (χ0v) is 21.6. The van der Waals surface area contributed by atoms with E-state index in [1.807, 2.05) is 50.2 Å². The first-order valence-electron chi connectivity index (χ1n) is 12.5. The van der Waals surface area contributed by atoms with E-state index < -0.39 is 23.9 Å². The number of carbonyl (C=O) groups excluding carboxylic acids is 4. The van der Waals surface area contributed by atoms with Gasteiger partial charge in [0.2, 0.25) is 5.91 Å². The zero-order chi connectivity index (χ0) is 27.2. The van der Waals surface area contributed by atoms with Crippen LogP contribution in [-0.2, 0) is 20.8 Å². The molecule has 1 aliphatic rings. The summed E-state index contributed by atoms with van der Waals surface area (Å²) >= 11 is 0. The first kappa shape index (κ1) is 26.5. The maximum atomic E-state index is 14.3. The van der Waals surface area contributed by atoms with Gasteiger partial charge in [0.25, 0.3) is 11.8 Å². The lowest BCUT2D eigenvalue weighted by molar-refractivity contribution is -0.165. The Morgan fingerprint density at radius 2 is 1.66 bits per heavy atom. The van der Waals surface area contributed by atoms with E-state index in [9.17, 15) is 19.2 Å². The minimum Gasteiger partial charge on any atom is -0.301 e. The third-order valence-electron chi connectivity index (χ3n) is 6.39. The number of amides is 3. The number of carbonyl (C=O) groups is 4. The van der Waals surface area contributed by atoms with Crippen molar-refractivity contribution in [2.45, 2.75) is 39.3 Å². The van der Waals surface area contributed by atoms with Gasteiger partial charge in [-0.15, -0.1) is 0 Å². The van der Waals surface area contributed by atoms with Crippen molar-refractivity contribution in [2.75, 3.05) is 0 Å². The molecule has 3 amide bonds. The minimum absolute atomic E-state index is 0.223. The Morgan fingerprint density at radius 1 is 1.00 bits per heavy atom. The molecule has 2 heterocycles. The summed E-state index contributed by atoms with van der Waals surface area (Å²) < 4.78 is 0. The second-order valence-electron chi connectivity index (χ2n) is 9.43. The summed E-state index contributed by atoms with van der Waals surface area (Å²) in [7, 11) is 0. The van der Waals surface area contributed by atoms with Crippen LogP contribution in [0, 0.1) is 5.92 Å². The molecular formula is C30H30N4O4. The number of hydrogen-bond acceptors (Lipinski definition) is 5. The van der Waals surface area contributed by atoms with Gasteiger partial charge in [-0.05, 0) is 23.6 Å². The van der Waals surface area contributed by atoms with Crippen LogP contribution in [0.15, 0.2) is 91.4 Å². The molecule has 38 heavy (non-hydrogen) atoms. The molecule has 1 aromatic heterocycles. The maximum absolute atomic E-state index is 14.3. The zero-order valence-electron chi connectivity index (χ0n) is 21.6. The molecule has 0 bridgehead atoms. The van der Waals surface area contributed by atoms with E-state index >= 15 is 0 Å². The van der Waals surface area contributed by atoms with Gasteiger partial charge in [-0.25, -0.2) is 10.0 Å². The van der Waals surface area contributed by atoms with Crippen LogP contribution in [0.25, 0.3) is 5.70 Å². The molecule has 3 aromatic rings. The highest BCUT2D eigenvalue weighted by Crippen LogP contribution is 2.33. The molecule has 194 valence electrons. The van der Waals surface area contributed by atoms with Gasteiger partial charge < -0.3 is 4.79 Å². The fourth-order valence-electron chi connectivity index (χ4n) is 4.66. The van der Waals surface area contributed by atoms with Gasteiger partial charge in [-0.3, -0.25) is 24.3 Å². The van der Waals surface area contributed by atoms with Crippen LogP contribution in [0.3, 0.4) is 0 Å². The van der Waals surface area contributed by atoms with Crippen molar-refractivity contribution in [3.63, 3.8) is 0 Å². The predicted octanol–water partition coefficient (Wildman–Crippen LogP) is 3.96. The number of aromatic nitrogens is 1. The highest BCUT2D eigenvalue weighted by atomic mass is 16.2. The fraction of sp³-hybridized carbons (Fsp3) is 0.233. The Balaban J connectivity index is 1.87. The average molecular weight is 511 g/mol. The lowest BCUT2D eigenvalue weighted by atomic mass is 9.97. The molecule has 0 spiro atoms. The predicted molar refractivity (Wildman–Crippen MR) is 143 cm³/mol. The standard InChI is InChI=1S/C30H30N4O4/c1-21(2)28-30(38)34(33(22(3)36)26(20-35)17-23-11-6-4-7-12-23)27(24-13-8-5-9-14-24)19-32(28)29(37)25-15-10-16-31-18-25/h4-16,18-21,26,28H,17H2,1-3H3/t26-,28+/m0/s1. The molecule has 1 aliphatic heterocycles. The van der Waals surface area contributed by atoms with E-state index in [0.29, 0.717) is 23.1 Å². The minimum atomic E-state index is -0.945. The van der Waals surface area contributed by atoms with Crippen LogP contribution in [0.1, 0.15) is 42.3 Å².